The highest BCUT2D eigenvalue weighted by molar-refractivity contribution is 5.79. The molecule has 3 heteroatoms. The van der Waals surface area contributed by atoms with Crippen LogP contribution in [-0.2, 0) is 6.42 Å². The van der Waals surface area contributed by atoms with E-state index in [1.54, 1.807) is 7.11 Å². The van der Waals surface area contributed by atoms with E-state index >= 15 is 0 Å². The standard InChI is InChI=1S/C21H17NO2/c1-23-18-11-5-10-17(14-18)21-22-19-12-6-9-16(20(19)24-21)13-15-7-3-2-4-8-15/h2-12,14H,13H2,1H3. The first-order valence-electron chi connectivity index (χ1n) is 7.90. The van der Waals surface area contributed by atoms with E-state index in [0.29, 0.717) is 5.89 Å². The summed E-state index contributed by atoms with van der Waals surface area (Å²) in [6.45, 7) is 0. The Morgan fingerprint density at radius 3 is 2.58 bits per heavy atom. The Kier molecular flexibility index (Phi) is 3.75. The minimum Gasteiger partial charge on any atom is -0.497 e. The fourth-order valence-electron chi connectivity index (χ4n) is 2.84. The van der Waals surface area contributed by atoms with Crippen molar-refractivity contribution in [2.75, 3.05) is 7.11 Å². The van der Waals surface area contributed by atoms with Gasteiger partial charge in [-0.15, -0.1) is 0 Å². The van der Waals surface area contributed by atoms with Crippen LogP contribution in [0.4, 0.5) is 0 Å². The number of hydrogen-bond acceptors (Lipinski definition) is 3. The van der Waals surface area contributed by atoms with E-state index in [0.717, 1.165) is 34.4 Å². The maximum Gasteiger partial charge on any atom is 0.227 e. The van der Waals surface area contributed by atoms with Gasteiger partial charge in [-0.3, -0.25) is 0 Å². The second kappa shape index (κ2) is 6.20. The quantitative estimate of drug-likeness (QED) is 0.526. The average molecular weight is 315 g/mol. The highest BCUT2D eigenvalue weighted by Gasteiger charge is 2.12. The van der Waals surface area contributed by atoms with Crippen LogP contribution in [0.15, 0.2) is 77.2 Å². The molecule has 0 aliphatic carbocycles. The number of oxazole rings is 1. The van der Waals surface area contributed by atoms with Gasteiger partial charge in [-0.25, -0.2) is 4.98 Å². The molecular weight excluding hydrogens is 298 g/mol. The minimum absolute atomic E-state index is 0.615. The van der Waals surface area contributed by atoms with E-state index in [9.17, 15) is 0 Å². The van der Waals surface area contributed by atoms with Crippen molar-refractivity contribution in [1.29, 1.82) is 0 Å². The van der Waals surface area contributed by atoms with Crippen molar-refractivity contribution in [2.24, 2.45) is 0 Å². The lowest BCUT2D eigenvalue weighted by Gasteiger charge is -2.02. The van der Waals surface area contributed by atoms with Gasteiger partial charge in [-0.1, -0.05) is 48.5 Å². The molecule has 118 valence electrons. The van der Waals surface area contributed by atoms with Gasteiger partial charge in [-0.05, 0) is 29.8 Å². The molecule has 0 saturated carbocycles. The smallest absolute Gasteiger partial charge is 0.227 e. The van der Waals surface area contributed by atoms with Crippen LogP contribution in [0.3, 0.4) is 0 Å². The van der Waals surface area contributed by atoms with Gasteiger partial charge in [0, 0.05) is 17.5 Å². The molecule has 0 N–H and O–H groups in total. The summed E-state index contributed by atoms with van der Waals surface area (Å²) in [4.78, 5) is 4.64. The first kappa shape index (κ1) is 14.5. The molecule has 0 saturated heterocycles. The zero-order valence-electron chi connectivity index (χ0n) is 13.4. The zero-order valence-corrected chi connectivity index (χ0v) is 13.4. The van der Waals surface area contributed by atoms with Gasteiger partial charge in [0.15, 0.2) is 5.58 Å². The highest BCUT2D eigenvalue weighted by Crippen LogP contribution is 2.29. The number of fused-ring (bicyclic) bond motifs is 1. The molecule has 24 heavy (non-hydrogen) atoms. The van der Waals surface area contributed by atoms with Crippen LogP contribution in [-0.4, -0.2) is 12.1 Å². The lowest BCUT2D eigenvalue weighted by atomic mass is 10.0. The van der Waals surface area contributed by atoms with Crippen LogP contribution in [0.5, 0.6) is 5.75 Å². The Bertz CT molecular complexity index is 973. The van der Waals surface area contributed by atoms with Gasteiger partial charge >= 0.3 is 0 Å². The molecule has 1 heterocycles. The molecule has 4 rings (SSSR count). The Hall–Kier alpha value is -3.07. The van der Waals surface area contributed by atoms with Crippen molar-refractivity contribution in [3.63, 3.8) is 0 Å². The second-order valence-electron chi connectivity index (χ2n) is 5.68. The Balaban J connectivity index is 1.76. The molecule has 0 aliphatic rings. The molecule has 0 radical (unpaired) electrons. The van der Waals surface area contributed by atoms with E-state index in [-0.39, 0.29) is 0 Å². The largest absolute Gasteiger partial charge is 0.497 e. The number of nitrogens with zero attached hydrogens (tertiary/aromatic N) is 1. The van der Waals surface area contributed by atoms with Gasteiger partial charge < -0.3 is 9.15 Å². The summed E-state index contributed by atoms with van der Waals surface area (Å²) in [5, 5.41) is 0. The molecule has 1 aromatic heterocycles. The number of rotatable bonds is 4. The average Bonchev–Trinajstić information content (AvgIpc) is 3.08. The van der Waals surface area contributed by atoms with Crippen molar-refractivity contribution in [1.82, 2.24) is 4.98 Å². The number of benzene rings is 3. The zero-order chi connectivity index (χ0) is 16.4. The molecule has 0 atom stereocenters. The molecule has 4 aromatic rings. The van der Waals surface area contributed by atoms with E-state index in [1.807, 2.05) is 42.5 Å². The number of methoxy groups -OCH3 is 1. The van der Waals surface area contributed by atoms with Gasteiger partial charge in [0.2, 0.25) is 5.89 Å². The van der Waals surface area contributed by atoms with Gasteiger partial charge in [-0.2, -0.15) is 0 Å². The van der Waals surface area contributed by atoms with Crippen molar-refractivity contribution >= 4 is 11.1 Å². The summed E-state index contributed by atoms with van der Waals surface area (Å²) in [7, 11) is 1.66. The van der Waals surface area contributed by atoms with Crippen molar-refractivity contribution < 1.29 is 9.15 Å². The van der Waals surface area contributed by atoms with Crippen molar-refractivity contribution in [3.8, 4) is 17.2 Å². The van der Waals surface area contributed by atoms with Crippen molar-refractivity contribution in [3.05, 3.63) is 83.9 Å². The Morgan fingerprint density at radius 2 is 1.75 bits per heavy atom. The third-order valence-electron chi connectivity index (χ3n) is 4.05. The topological polar surface area (TPSA) is 35.3 Å². The van der Waals surface area contributed by atoms with Crippen LogP contribution >= 0.6 is 0 Å². The van der Waals surface area contributed by atoms with Crippen LogP contribution in [0.2, 0.25) is 0 Å². The first-order valence-corrected chi connectivity index (χ1v) is 7.90. The highest BCUT2D eigenvalue weighted by atomic mass is 16.5. The van der Waals surface area contributed by atoms with Crippen LogP contribution < -0.4 is 4.74 Å². The predicted octanol–water partition coefficient (Wildman–Crippen LogP) is 5.09. The Labute approximate surface area is 140 Å². The summed E-state index contributed by atoms with van der Waals surface area (Å²) in [5.41, 5.74) is 5.03. The van der Waals surface area contributed by atoms with E-state index in [1.165, 1.54) is 5.56 Å². The third kappa shape index (κ3) is 2.76. The summed E-state index contributed by atoms with van der Waals surface area (Å²) in [5.74, 6) is 1.41. The number of hydrogen-bond donors (Lipinski definition) is 0. The molecule has 0 unspecified atom stereocenters. The van der Waals surface area contributed by atoms with Crippen molar-refractivity contribution in [2.45, 2.75) is 6.42 Å². The molecular formula is C21H17NO2. The fraction of sp³-hybridized carbons (Fsp3) is 0.0952. The van der Waals surface area contributed by atoms with E-state index in [4.69, 9.17) is 9.15 Å². The third-order valence-corrected chi connectivity index (χ3v) is 4.05. The molecule has 0 spiro atoms. The van der Waals surface area contributed by atoms with Crippen LogP contribution in [0.25, 0.3) is 22.6 Å². The van der Waals surface area contributed by atoms with E-state index in [2.05, 4.69) is 35.3 Å². The molecule has 0 amide bonds. The molecule has 0 aliphatic heterocycles. The number of aromatic nitrogens is 1. The normalized spacial score (nSPS) is 10.9. The maximum absolute atomic E-state index is 6.09. The summed E-state index contributed by atoms with van der Waals surface area (Å²) in [6, 6.07) is 24.2. The lowest BCUT2D eigenvalue weighted by Crippen LogP contribution is -1.87. The molecule has 0 fully saturated rings. The maximum atomic E-state index is 6.09. The van der Waals surface area contributed by atoms with Crippen LogP contribution in [0, 0.1) is 0 Å². The first-order chi connectivity index (χ1) is 11.8. The number of ether oxygens (including phenoxy) is 1. The molecule has 3 aromatic carbocycles. The lowest BCUT2D eigenvalue weighted by molar-refractivity contribution is 0.415. The monoisotopic (exact) mass is 315 g/mol. The van der Waals surface area contributed by atoms with Gasteiger partial charge in [0.1, 0.15) is 11.3 Å². The minimum atomic E-state index is 0.615. The number of para-hydroxylation sites is 1. The molecule has 3 nitrogen and oxygen atoms in total. The SMILES string of the molecule is COc1cccc(-c2nc3cccc(Cc4ccccc4)c3o2)c1. The summed E-state index contributed by atoms with van der Waals surface area (Å²) < 4.78 is 11.4. The van der Waals surface area contributed by atoms with E-state index < -0.39 is 0 Å². The predicted molar refractivity (Wildman–Crippen MR) is 95.2 cm³/mol. The summed E-state index contributed by atoms with van der Waals surface area (Å²) in [6.07, 6.45) is 0.824. The Morgan fingerprint density at radius 1 is 0.917 bits per heavy atom. The summed E-state index contributed by atoms with van der Waals surface area (Å²) >= 11 is 0. The second-order valence-corrected chi connectivity index (χ2v) is 5.68. The molecule has 0 bridgehead atoms. The van der Waals surface area contributed by atoms with Gasteiger partial charge in [0.25, 0.3) is 0 Å². The van der Waals surface area contributed by atoms with Gasteiger partial charge in [0.05, 0.1) is 7.11 Å². The van der Waals surface area contributed by atoms with Crippen LogP contribution in [0.1, 0.15) is 11.1 Å². The fourth-order valence-corrected chi connectivity index (χ4v) is 2.84.